The standard InChI is InChI=1S/C13H11ClIN3S/c1-8(14)13-17-11-4-9(15)2-3-12(11)18(13)6-10-5-16-7-19-10/h2-5,7-8H,6H2,1H3. The highest BCUT2D eigenvalue weighted by Crippen LogP contribution is 2.27. The van der Waals surface area contributed by atoms with Gasteiger partial charge in [0, 0.05) is 14.6 Å². The van der Waals surface area contributed by atoms with Gasteiger partial charge in [-0.05, 0) is 47.7 Å². The van der Waals surface area contributed by atoms with Gasteiger partial charge in [0.25, 0.3) is 0 Å². The van der Waals surface area contributed by atoms with Crippen LogP contribution in [-0.4, -0.2) is 14.5 Å². The van der Waals surface area contributed by atoms with Gasteiger partial charge < -0.3 is 4.57 Å². The van der Waals surface area contributed by atoms with Gasteiger partial charge in [-0.3, -0.25) is 4.98 Å². The molecule has 0 aliphatic carbocycles. The number of rotatable bonds is 3. The van der Waals surface area contributed by atoms with Crippen molar-refractivity contribution in [2.45, 2.75) is 18.8 Å². The topological polar surface area (TPSA) is 30.7 Å². The highest BCUT2D eigenvalue weighted by molar-refractivity contribution is 14.1. The second-order valence-electron chi connectivity index (χ2n) is 4.27. The molecule has 2 heterocycles. The van der Waals surface area contributed by atoms with Crippen LogP contribution in [-0.2, 0) is 6.54 Å². The van der Waals surface area contributed by atoms with E-state index in [2.05, 4.69) is 55.3 Å². The molecule has 0 spiro atoms. The average Bonchev–Trinajstić information content (AvgIpc) is 2.97. The Labute approximate surface area is 133 Å². The maximum atomic E-state index is 6.26. The molecule has 0 bridgehead atoms. The van der Waals surface area contributed by atoms with Gasteiger partial charge in [0.1, 0.15) is 5.82 Å². The van der Waals surface area contributed by atoms with Crippen LogP contribution in [0.3, 0.4) is 0 Å². The predicted octanol–water partition coefficient (Wildman–Crippen LogP) is 4.45. The number of alkyl halides is 1. The van der Waals surface area contributed by atoms with Crippen molar-refractivity contribution < 1.29 is 0 Å². The highest BCUT2D eigenvalue weighted by Gasteiger charge is 2.15. The molecule has 1 aromatic carbocycles. The van der Waals surface area contributed by atoms with Crippen LogP contribution in [0.15, 0.2) is 29.9 Å². The number of hydrogen-bond acceptors (Lipinski definition) is 3. The van der Waals surface area contributed by atoms with Crippen LogP contribution in [0.5, 0.6) is 0 Å². The average molecular weight is 404 g/mol. The summed E-state index contributed by atoms with van der Waals surface area (Å²) in [5.41, 5.74) is 3.97. The Bertz CT molecular complexity index is 706. The number of hydrogen-bond donors (Lipinski definition) is 0. The lowest BCUT2D eigenvalue weighted by atomic mass is 10.3. The molecule has 2 aromatic heterocycles. The Hall–Kier alpha value is -0.660. The predicted molar refractivity (Wildman–Crippen MR) is 87.9 cm³/mol. The van der Waals surface area contributed by atoms with Crippen LogP contribution in [0, 0.1) is 3.57 Å². The van der Waals surface area contributed by atoms with Crippen LogP contribution >= 0.6 is 45.5 Å². The molecule has 0 aliphatic rings. The summed E-state index contributed by atoms with van der Waals surface area (Å²) < 4.78 is 3.36. The normalized spacial score (nSPS) is 13.0. The summed E-state index contributed by atoms with van der Waals surface area (Å²) >= 11 is 10.2. The van der Waals surface area contributed by atoms with Crippen LogP contribution in [0.4, 0.5) is 0 Å². The number of halogens is 2. The van der Waals surface area contributed by atoms with Gasteiger partial charge in [-0.25, -0.2) is 4.98 Å². The van der Waals surface area contributed by atoms with Crippen LogP contribution in [0.25, 0.3) is 11.0 Å². The van der Waals surface area contributed by atoms with E-state index in [4.69, 9.17) is 11.6 Å². The molecule has 0 aliphatic heterocycles. The minimum absolute atomic E-state index is 0.113. The van der Waals surface area contributed by atoms with Crippen molar-refractivity contribution in [2.75, 3.05) is 0 Å². The van der Waals surface area contributed by atoms with E-state index >= 15 is 0 Å². The van der Waals surface area contributed by atoms with Crippen LogP contribution < -0.4 is 0 Å². The largest absolute Gasteiger partial charge is 0.321 e. The molecule has 3 nitrogen and oxygen atoms in total. The van der Waals surface area contributed by atoms with Crippen molar-refractivity contribution in [3.63, 3.8) is 0 Å². The third kappa shape index (κ3) is 2.64. The molecular weight excluding hydrogens is 393 g/mol. The number of imidazole rings is 1. The zero-order valence-corrected chi connectivity index (χ0v) is 13.9. The van der Waals surface area contributed by atoms with Gasteiger partial charge in [0.2, 0.25) is 0 Å². The number of nitrogens with zero attached hydrogens (tertiary/aromatic N) is 3. The van der Waals surface area contributed by atoms with Crippen molar-refractivity contribution in [2.24, 2.45) is 0 Å². The van der Waals surface area contributed by atoms with Gasteiger partial charge in [0.15, 0.2) is 0 Å². The second kappa shape index (κ2) is 5.38. The van der Waals surface area contributed by atoms with Crippen LogP contribution in [0.2, 0.25) is 0 Å². The maximum absolute atomic E-state index is 6.26. The van der Waals surface area contributed by atoms with E-state index in [0.29, 0.717) is 0 Å². The molecule has 6 heteroatoms. The van der Waals surface area contributed by atoms with Crippen molar-refractivity contribution >= 4 is 56.6 Å². The first-order valence-electron chi connectivity index (χ1n) is 5.82. The lowest BCUT2D eigenvalue weighted by Gasteiger charge is -2.08. The van der Waals surface area contributed by atoms with Crippen molar-refractivity contribution in [3.05, 3.63) is 44.2 Å². The fourth-order valence-corrected chi connectivity index (χ4v) is 3.29. The smallest absolute Gasteiger partial charge is 0.128 e. The summed E-state index contributed by atoms with van der Waals surface area (Å²) in [4.78, 5) is 9.99. The maximum Gasteiger partial charge on any atom is 0.128 e. The number of aromatic nitrogens is 3. The van der Waals surface area contributed by atoms with Gasteiger partial charge in [0.05, 0.1) is 28.5 Å². The van der Waals surface area contributed by atoms with E-state index in [0.717, 1.165) is 23.4 Å². The van der Waals surface area contributed by atoms with E-state index in [-0.39, 0.29) is 5.38 Å². The first-order valence-corrected chi connectivity index (χ1v) is 8.22. The zero-order valence-electron chi connectivity index (χ0n) is 10.2. The van der Waals surface area contributed by atoms with Crippen LogP contribution in [0.1, 0.15) is 23.0 Å². The van der Waals surface area contributed by atoms with Crippen molar-refractivity contribution in [1.82, 2.24) is 14.5 Å². The number of fused-ring (bicyclic) bond motifs is 1. The summed E-state index contributed by atoms with van der Waals surface area (Å²) in [6, 6.07) is 6.28. The molecular formula is C13H11ClIN3S. The first kappa shape index (κ1) is 13.3. The summed E-state index contributed by atoms with van der Waals surface area (Å²) in [5, 5.41) is -0.113. The third-order valence-corrected chi connectivity index (χ3v) is 4.52. The first-order chi connectivity index (χ1) is 9.15. The van der Waals surface area contributed by atoms with Gasteiger partial charge in [-0.1, -0.05) is 0 Å². The SMILES string of the molecule is CC(Cl)c1nc2cc(I)ccc2n1Cc1cncs1. The number of benzene rings is 1. The van der Waals surface area contributed by atoms with E-state index in [1.54, 1.807) is 11.3 Å². The minimum atomic E-state index is -0.113. The Kier molecular flexibility index (Phi) is 3.77. The molecule has 0 N–H and O–H groups in total. The molecule has 0 saturated heterocycles. The van der Waals surface area contributed by atoms with E-state index < -0.39 is 0 Å². The molecule has 19 heavy (non-hydrogen) atoms. The monoisotopic (exact) mass is 403 g/mol. The summed E-state index contributed by atoms with van der Waals surface area (Å²) in [7, 11) is 0. The molecule has 0 saturated carbocycles. The Balaban J connectivity index is 2.16. The highest BCUT2D eigenvalue weighted by atomic mass is 127. The molecule has 1 unspecified atom stereocenters. The number of thiazole rings is 1. The lowest BCUT2D eigenvalue weighted by molar-refractivity contribution is 0.749. The molecule has 0 fully saturated rings. The molecule has 3 rings (SSSR count). The molecule has 3 aromatic rings. The Morgan fingerprint density at radius 3 is 3.00 bits per heavy atom. The summed E-state index contributed by atoms with van der Waals surface area (Å²) in [6.07, 6.45) is 1.89. The minimum Gasteiger partial charge on any atom is -0.321 e. The van der Waals surface area contributed by atoms with E-state index in [1.807, 2.05) is 18.6 Å². The summed E-state index contributed by atoms with van der Waals surface area (Å²) in [6.45, 7) is 2.73. The van der Waals surface area contributed by atoms with Gasteiger partial charge >= 0.3 is 0 Å². The van der Waals surface area contributed by atoms with E-state index in [9.17, 15) is 0 Å². The Morgan fingerprint density at radius 2 is 2.32 bits per heavy atom. The molecule has 0 amide bonds. The third-order valence-electron chi connectivity index (χ3n) is 2.89. The lowest BCUT2D eigenvalue weighted by Crippen LogP contribution is -2.04. The van der Waals surface area contributed by atoms with Gasteiger partial charge in [-0.15, -0.1) is 22.9 Å². The fraction of sp³-hybridized carbons (Fsp3) is 0.231. The quantitative estimate of drug-likeness (QED) is 0.478. The van der Waals surface area contributed by atoms with Crippen molar-refractivity contribution in [3.8, 4) is 0 Å². The van der Waals surface area contributed by atoms with E-state index in [1.165, 1.54) is 8.45 Å². The molecule has 1 atom stereocenters. The molecule has 98 valence electrons. The second-order valence-corrected chi connectivity index (χ2v) is 7.14. The fourth-order valence-electron chi connectivity index (χ4n) is 2.07. The van der Waals surface area contributed by atoms with Gasteiger partial charge in [-0.2, -0.15) is 0 Å². The Morgan fingerprint density at radius 1 is 1.47 bits per heavy atom. The zero-order chi connectivity index (χ0) is 13.4. The molecule has 0 radical (unpaired) electrons. The summed E-state index contributed by atoms with van der Waals surface area (Å²) in [5.74, 6) is 0.909. The van der Waals surface area contributed by atoms with Crippen molar-refractivity contribution in [1.29, 1.82) is 0 Å².